The fourth-order valence-corrected chi connectivity index (χ4v) is 2.80. The summed E-state index contributed by atoms with van der Waals surface area (Å²) in [5.74, 6) is -0.322. The number of rotatable bonds is 5. The Bertz CT molecular complexity index is 761. The predicted molar refractivity (Wildman–Crippen MR) is 99.1 cm³/mol. The molecular formula is C19H22N4O4. The zero-order valence-electron chi connectivity index (χ0n) is 15.1. The maximum atomic E-state index is 13.1. The lowest BCUT2D eigenvalue weighted by molar-refractivity contribution is 0.0537. The average Bonchev–Trinajstić information content (AvgIpc) is 2.73. The quantitative estimate of drug-likeness (QED) is 0.812. The van der Waals surface area contributed by atoms with Crippen LogP contribution in [0, 0.1) is 0 Å². The maximum Gasteiger partial charge on any atom is 0.325 e. The van der Waals surface area contributed by atoms with E-state index in [-0.39, 0.29) is 11.9 Å². The van der Waals surface area contributed by atoms with Gasteiger partial charge in [-0.2, -0.15) is 0 Å². The highest BCUT2D eigenvalue weighted by Gasteiger charge is 2.24. The van der Waals surface area contributed by atoms with Crippen LogP contribution < -0.4 is 10.4 Å². The first-order valence-electron chi connectivity index (χ1n) is 8.65. The molecule has 0 bridgehead atoms. The molecule has 1 aliphatic rings. The van der Waals surface area contributed by atoms with Crippen LogP contribution in [0.3, 0.4) is 0 Å². The van der Waals surface area contributed by atoms with Gasteiger partial charge in [0, 0.05) is 24.8 Å². The first-order valence-corrected chi connectivity index (χ1v) is 8.65. The van der Waals surface area contributed by atoms with Crippen LogP contribution in [0.4, 0.5) is 10.5 Å². The van der Waals surface area contributed by atoms with Crippen LogP contribution in [0.5, 0.6) is 0 Å². The van der Waals surface area contributed by atoms with Crippen LogP contribution in [0.1, 0.15) is 15.9 Å². The van der Waals surface area contributed by atoms with Crippen LogP contribution >= 0.6 is 0 Å². The van der Waals surface area contributed by atoms with E-state index < -0.39 is 0 Å². The number of amides is 3. The zero-order valence-corrected chi connectivity index (χ0v) is 15.1. The molecule has 0 aliphatic carbocycles. The minimum absolute atomic E-state index is 0.0903. The molecule has 3 amide bonds. The van der Waals surface area contributed by atoms with Gasteiger partial charge in [-0.15, -0.1) is 0 Å². The lowest BCUT2D eigenvalue weighted by Gasteiger charge is -2.33. The van der Waals surface area contributed by atoms with E-state index in [1.54, 1.807) is 40.4 Å². The van der Waals surface area contributed by atoms with Crippen molar-refractivity contribution in [1.29, 1.82) is 0 Å². The Morgan fingerprint density at radius 2 is 1.96 bits per heavy atom. The first-order chi connectivity index (χ1) is 13.2. The molecule has 0 saturated carbocycles. The Kier molecular flexibility index (Phi) is 6.35. The average molecular weight is 370 g/mol. The summed E-state index contributed by atoms with van der Waals surface area (Å²) in [7, 11) is 1.38. The van der Waals surface area contributed by atoms with E-state index in [0.717, 1.165) is 11.3 Å². The lowest BCUT2D eigenvalue weighted by atomic mass is 10.1. The first kappa shape index (κ1) is 18.8. The van der Waals surface area contributed by atoms with Gasteiger partial charge in [0.15, 0.2) is 0 Å². The number of hydrogen-bond acceptors (Lipinski definition) is 5. The summed E-state index contributed by atoms with van der Waals surface area (Å²) in [5.41, 5.74) is 4.37. The predicted octanol–water partition coefficient (Wildman–Crippen LogP) is 1.83. The summed E-state index contributed by atoms with van der Waals surface area (Å²) in [6.07, 6.45) is 3.34. The minimum atomic E-state index is -0.322. The number of benzene rings is 1. The van der Waals surface area contributed by atoms with Gasteiger partial charge in [0.2, 0.25) is 0 Å². The number of morpholine rings is 1. The van der Waals surface area contributed by atoms with Gasteiger partial charge in [0.05, 0.1) is 38.8 Å². The summed E-state index contributed by atoms with van der Waals surface area (Å²) < 4.78 is 5.34. The highest BCUT2D eigenvalue weighted by molar-refractivity contribution is 5.94. The molecule has 3 rings (SSSR count). The van der Waals surface area contributed by atoms with Crippen molar-refractivity contribution in [2.24, 2.45) is 0 Å². The molecular weight excluding hydrogens is 348 g/mol. The van der Waals surface area contributed by atoms with Gasteiger partial charge in [-0.05, 0) is 29.8 Å². The molecule has 0 radical (unpaired) electrons. The molecule has 1 fully saturated rings. The van der Waals surface area contributed by atoms with E-state index in [0.29, 0.717) is 38.4 Å². The highest BCUT2D eigenvalue weighted by atomic mass is 16.6. The van der Waals surface area contributed by atoms with Crippen LogP contribution in [0.2, 0.25) is 0 Å². The number of ether oxygens (including phenoxy) is 1. The molecule has 1 N–H and O–H groups in total. The molecule has 2 heterocycles. The number of urea groups is 1. The van der Waals surface area contributed by atoms with E-state index in [4.69, 9.17) is 4.74 Å². The van der Waals surface area contributed by atoms with Crippen LogP contribution in [-0.4, -0.2) is 55.2 Å². The third-order valence-electron chi connectivity index (χ3n) is 4.22. The molecule has 0 atom stereocenters. The van der Waals surface area contributed by atoms with Crippen molar-refractivity contribution >= 4 is 17.6 Å². The van der Waals surface area contributed by atoms with E-state index in [1.165, 1.54) is 7.11 Å². The van der Waals surface area contributed by atoms with Gasteiger partial charge in [-0.1, -0.05) is 12.1 Å². The summed E-state index contributed by atoms with van der Waals surface area (Å²) >= 11 is 0. The van der Waals surface area contributed by atoms with Gasteiger partial charge in [-0.3, -0.25) is 19.5 Å². The van der Waals surface area contributed by atoms with Crippen molar-refractivity contribution in [2.45, 2.75) is 6.54 Å². The minimum Gasteiger partial charge on any atom is -0.378 e. The van der Waals surface area contributed by atoms with Gasteiger partial charge >= 0.3 is 6.03 Å². The smallest absolute Gasteiger partial charge is 0.325 e. The van der Waals surface area contributed by atoms with Crippen molar-refractivity contribution < 1.29 is 19.2 Å². The molecule has 1 aliphatic heterocycles. The normalized spacial score (nSPS) is 13.9. The number of nitrogens with one attached hydrogen (secondary N) is 1. The van der Waals surface area contributed by atoms with Gasteiger partial charge in [0.25, 0.3) is 5.91 Å². The van der Waals surface area contributed by atoms with Gasteiger partial charge in [0.1, 0.15) is 0 Å². The van der Waals surface area contributed by atoms with Gasteiger partial charge in [-0.25, -0.2) is 10.3 Å². The monoisotopic (exact) mass is 370 g/mol. The number of aromatic nitrogens is 1. The summed E-state index contributed by atoms with van der Waals surface area (Å²) in [6.45, 7) is 2.57. The van der Waals surface area contributed by atoms with Crippen LogP contribution in [0.25, 0.3) is 0 Å². The molecule has 0 spiro atoms. The second kappa shape index (κ2) is 9.11. The van der Waals surface area contributed by atoms with Crippen molar-refractivity contribution in [3.05, 3.63) is 59.9 Å². The highest BCUT2D eigenvalue weighted by Crippen LogP contribution is 2.19. The zero-order chi connectivity index (χ0) is 19.1. The number of carbonyl (C=O) groups is 2. The molecule has 142 valence electrons. The van der Waals surface area contributed by atoms with Crippen LogP contribution in [-0.2, 0) is 16.1 Å². The fraction of sp³-hybridized carbons (Fsp3) is 0.316. The molecule has 2 aromatic rings. The van der Waals surface area contributed by atoms with Crippen molar-refractivity contribution in [2.75, 3.05) is 38.3 Å². The van der Waals surface area contributed by atoms with Crippen LogP contribution in [0.15, 0.2) is 48.8 Å². The maximum absolute atomic E-state index is 13.1. The topological polar surface area (TPSA) is 84.0 Å². The molecule has 27 heavy (non-hydrogen) atoms. The fourth-order valence-electron chi connectivity index (χ4n) is 2.80. The number of carbonyl (C=O) groups excluding carboxylic acids is 2. The number of hydrogen-bond donors (Lipinski definition) is 1. The Morgan fingerprint density at radius 3 is 2.59 bits per heavy atom. The molecule has 1 aromatic heterocycles. The van der Waals surface area contributed by atoms with Crippen molar-refractivity contribution in [3.8, 4) is 0 Å². The number of anilines is 1. The van der Waals surface area contributed by atoms with E-state index in [1.807, 2.05) is 18.2 Å². The summed E-state index contributed by atoms with van der Waals surface area (Å²) in [5, 5.41) is 0. The number of hydroxylamine groups is 1. The molecule has 8 nitrogen and oxygen atoms in total. The molecule has 1 aromatic carbocycles. The standard InChI is InChI=1S/C19H22N4O4/c1-26-21-18(24)16-6-4-15(5-7-16)14-23(17-3-2-8-20-13-17)19(25)22-9-11-27-12-10-22/h2-8,13H,9-12,14H2,1H3,(H,21,24). The summed E-state index contributed by atoms with van der Waals surface area (Å²) in [6, 6.07) is 10.6. The number of nitrogens with zero attached hydrogens (tertiary/aromatic N) is 3. The van der Waals surface area contributed by atoms with E-state index >= 15 is 0 Å². The number of pyridine rings is 1. The van der Waals surface area contributed by atoms with Crippen molar-refractivity contribution in [1.82, 2.24) is 15.4 Å². The molecule has 1 saturated heterocycles. The third-order valence-corrected chi connectivity index (χ3v) is 4.22. The molecule has 8 heteroatoms. The Morgan fingerprint density at radius 1 is 1.22 bits per heavy atom. The SMILES string of the molecule is CONC(=O)c1ccc(CN(C(=O)N2CCOCC2)c2cccnc2)cc1. The molecule has 0 unspecified atom stereocenters. The third kappa shape index (κ3) is 4.81. The lowest BCUT2D eigenvalue weighted by Crippen LogP contribution is -2.48. The second-order valence-electron chi connectivity index (χ2n) is 6.01. The largest absolute Gasteiger partial charge is 0.378 e. The Hall–Kier alpha value is -2.97. The Balaban J connectivity index is 1.79. The Labute approximate surface area is 157 Å². The van der Waals surface area contributed by atoms with Crippen molar-refractivity contribution in [3.63, 3.8) is 0 Å². The second-order valence-corrected chi connectivity index (χ2v) is 6.01. The van der Waals surface area contributed by atoms with E-state index in [2.05, 4.69) is 15.3 Å². The van der Waals surface area contributed by atoms with Gasteiger partial charge < -0.3 is 9.64 Å². The summed E-state index contributed by atoms with van der Waals surface area (Å²) in [4.78, 5) is 37.1. The van der Waals surface area contributed by atoms with E-state index in [9.17, 15) is 9.59 Å².